The molecule has 2 N–H and O–H groups in total. The Morgan fingerprint density at radius 3 is 2.91 bits per heavy atom. The minimum absolute atomic E-state index is 0.0627. The molecule has 2 aromatic rings. The first-order valence-electron chi connectivity index (χ1n) is 7.88. The van der Waals surface area contributed by atoms with Crippen molar-refractivity contribution < 1.29 is 4.79 Å². The first-order chi connectivity index (χ1) is 11.1. The van der Waals surface area contributed by atoms with E-state index in [1.807, 2.05) is 29.2 Å². The van der Waals surface area contributed by atoms with Crippen LogP contribution >= 0.6 is 0 Å². The van der Waals surface area contributed by atoms with Gasteiger partial charge in [0.1, 0.15) is 0 Å². The first kappa shape index (κ1) is 15.5. The average Bonchev–Trinajstić information content (AvgIpc) is 2.74. The number of rotatable bonds is 3. The number of nitrogens with zero attached hydrogens (tertiary/aromatic N) is 1. The minimum atomic E-state index is -0.0627. The predicted octanol–water partition coefficient (Wildman–Crippen LogP) is 1.96. The zero-order valence-electron chi connectivity index (χ0n) is 13.2. The molecule has 1 unspecified atom stereocenters. The third-order valence-corrected chi connectivity index (χ3v) is 4.36. The summed E-state index contributed by atoms with van der Waals surface area (Å²) in [6.07, 6.45) is 2.47. The van der Waals surface area contributed by atoms with Gasteiger partial charge in [-0.05, 0) is 23.6 Å². The van der Waals surface area contributed by atoms with Crippen molar-refractivity contribution in [3.8, 4) is 0 Å². The number of pyridine rings is 1. The summed E-state index contributed by atoms with van der Waals surface area (Å²) in [5, 5.41) is 3.48. The molecule has 23 heavy (non-hydrogen) atoms. The highest BCUT2D eigenvalue weighted by Gasteiger charge is 2.23. The Labute approximate surface area is 135 Å². The van der Waals surface area contributed by atoms with Gasteiger partial charge in [0.15, 0.2) is 0 Å². The van der Waals surface area contributed by atoms with Crippen LogP contribution in [0.15, 0.2) is 47.4 Å². The maximum atomic E-state index is 11.8. The number of aromatic amines is 1. The SMILES string of the molecule is CC(=O)N1CCC(NCc2ccc[nH]c2=O)c2ccccc2C1. The van der Waals surface area contributed by atoms with Gasteiger partial charge in [0.2, 0.25) is 5.91 Å². The lowest BCUT2D eigenvalue weighted by Gasteiger charge is -2.19. The molecule has 0 aliphatic carbocycles. The van der Waals surface area contributed by atoms with Crippen LogP contribution in [0.3, 0.4) is 0 Å². The molecular formula is C18H21N3O2. The van der Waals surface area contributed by atoms with E-state index in [4.69, 9.17) is 0 Å². The molecule has 1 amide bonds. The topological polar surface area (TPSA) is 65.2 Å². The largest absolute Gasteiger partial charge is 0.339 e. The monoisotopic (exact) mass is 311 g/mol. The van der Waals surface area contributed by atoms with Crippen molar-refractivity contribution in [2.24, 2.45) is 0 Å². The van der Waals surface area contributed by atoms with Crippen molar-refractivity contribution in [3.63, 3.8) is 0 Å². The van der Waals surface area contributed by atoms with Crippen LogP contribution in [-0.4, -0.2) is 22.3 Å². The van der Waals surface area contributed by atoms with E-state index >= 15 is 0 Å². The zero-order chi connectivity index (χ0) is 16.2. The lowest BCUT2D eigenvalue weighted by atomic mass is 9.99. The fraction of sp³-hybridized carbons (Fsp3) is 0.333. The number of aromatic nitrogens is 1. The fourth-order valence-electron chi connectivity index (χ4n) is 3.05. The van der Waals surface area contributed by atoms with Gasteiger partial charge in [-0.2, -0.15) is 0 Å². The summed E-state index contributed by atoms with van der Waals surface area (Å²) in [5.41, 5.74) is 3.04. The number of hydrogen-bond donors (Lipinski definition) is 2. The standard InChI is InChI=1S/C18H21N3O2/c1-13(22)21-10-8-17(16-7-3-2-5-15(16)12-21)20-11-14-6-4-9-19-18(14)23/h2-7,9,17,20H,8,10-12H2,1H3,(H,19,23). The van der Waals surface area contributed by atoms with E-state index in [-0.39, 0.29) is 17.5 Å². The molecule has 1 atom stereocenters. The van der Waals surface area contributed by atoms with Gasteiger partial charge in [-0.15, -0.1) is 0 Å². The van der Waals surface area contributed by atoms with E-state index in [1.54, 1.807) is 13.1 Å². The molecule has 0 bridgehead atoms. The Hall–Kier alpha value is -2.40. The van der Waals surface area contributed by atoms with E-state index in [1.165, 1.54) is 11.1 Å². The maximum absolute atomic E-state index is 11.8. The highest BCUT2D eigenvalue weighted by Crippen LogP contribution is 2.26. The summed E-state index contributed by atoms with van der Waals surface area (Å²) in [6.45, 7) is 3.48. The van der Waals surface area contributed by atoms with Crippen molar-refractivity contribution >= 4 is 5.91 Å². The van der Waals surface area contributed by atoms with E-state index < -0.39 is 0 Å². The molecule has 5 nitrogen and oxygen atoms in total. The van der Waals surface area contributed by atoms with Crippen LogP contribution in [0.4, 0.5) is 0 Å². The molecule has 3 rings (SSSR count). The Balaban J connectivity index is 1.81. The van der Waals surface area contributed by atoms with Crippen LogP contribution in [0.1, 0.15) is 36.1 Å². The van der Waals surface area contributed by atoms with E-state index in [0.29, 0.717) is 19.6 Å². The molecule has 1 aromatic carbocycles. The number of carbonyl (C=O) groups excluding carboxylic acids is 1. The molecular weight excluding hydrogens is 290 g/mol. The summed E-state index contributed by atoms with van der Waals surface area (Å²) >= 11 is 0. The summed E-state index contributed by atoms with van der Waals surface area (Å²) in [7, 11) is 0. The molecule has 1 aromatic heterocycles. The molecule has 120 valence electrons. The van der Waals surface area contributed by atoms with Gasteiger partial charge in [0.25, 0.3) is 5.56 Å². The third kappa shape index (κ3) is 3.51. The van der Waals surface area contributed by atoms with Crippen LogP contribution in [-0.2, 0) is 17.9 Å². The number of benzene rings is 1. The highest BCUT2D eigenvalue weighted by atomic mass is 16.2. The molecule has 0 fully saturated rings. The Morgan fingerprint density at radius 1 is 1.30 bits per heavy atom. The van der Waals surface area contributed by atoms with Gasteiger partial charge in [0.05, 0.1) is 0 Å². The molecule has 0 radical (unpaired) electrons. The van der Waals surface area contributed by atoms with Crippen molar-refractivity contribution in [1.29, 1.82) is 0 Å². The Kier molecular flexibility index (Phi) is 4.57. The molecule has 5 heteroatoms. The molecule has 0 spiro atoms. The second-order valence-corrected chi connectivity index (χ2v) is 5.89. The smallest absolute Gasteiger partial charge is 0.252 e. The molecule has 1 aliphatic rings. The summed E-state index contributed by atoms with van der Waals surface area (Å²) < 4.78 is 0. The number of carbonyl (C=O) groups is 1. The quantitative estimate of drug-likeness (QED) is 0.910. The van der Waals surface area contributed by atoms with Gasteiger partial charge < -0.3 is 15.2 Å². The normalized spacial score (nSPS) is 17.4. The number of amides is 1. The number of H-pyrrole nitrogens is 1. The molecule has 0 saturated carbocycles. The van der Waals surface area contributed by atoms with Crippen molar-refractivity contribution in [2.45, 2.75) is 32.5 Å². The van der Waals surface area contributed by atoms with Crippen LogP contribution in [0.25, 0.3) is 0 Å². The summed E-state index contributed by atoms with van der Waals surface area (Å²) in [6, 6.07) is 12.0. The number of nitrogens with one attached hydrogen (secondary N) is 2. The van der Waals surface area contributed by atoms with Gasteiger partial charge in [0, 0.05) is 44.4 Å². The third-order valence-electron chi connectivity index (χ3n) is 4.36. The second-order valence-electron chi connectivity index (χ2n) is 5.89. The van der Waals surface area contributed by atoms with Crippen LogP contribution in [0, 0.1) is 0 Å². The fourth-order valence-corrected chi connectivity index (χ4v) is 3.05. The average molecular weight is 311 g/mol. The van der Waals surface area contributed by atoms with Gasteiger partial charge >= 0.3 is 0 Å². The Morgan fingerprint density at radius 2 is 2.13 bits per heavy atom. The van der Waals surface area contributed by atoms with Crippen LogP contribution in [0.2, 0.25) is 0 Å². The number of fused-ring (bicyclic) bond motifs is 1. The number of hydrogen-bond acceptors (Lipinski definition) is 3. The molecule has 0 saturated heterocycles. The van der Waals surface area contributed by atoms with Crippen LogP contribution in [0.5, 0.6) is 0 Å². The van der Waals surface area contributed by atoms with Gasteiger partial charge in [-0.25, -0.2) is 0 Å². The maximum Gasteiger partial charge on any atom is 0.252 e. The van der Waals surface area contributed by atoms with E-state index in [2.05, 4.69) is 22.4 Å². The second kappa shape index (κ2) is 6.79. The molecule has 1 aliphatic heterocycles. The summed E-state index contributed by atoms with van der Waals surface area (Å²) in [4.78, 5) is 28.1. The lowest BCUT2D eigenvalue weighted by molar-refractivity contribution is -0.129. The van der Waals surface area contributed by atoms with Crippen molar-refractivity contribution in [2.75, 3.05) is 6.54 Å². The lowest BCUT2D eigenvalue weighted by Crippen LogP contribution is -2.29. The minimum Gasteiger partial charge on any atom is -0.339 e. The zero-order valence-corrected chi connectivity index (χ0v) is 13.2. The van der Waals surface area contributed by atoms with Crippen molar-refractivity contribution in [1.82, 2.24) is 15.2 Å². The van der Waals surface area contributed by atoms with Crippen molar-refractivity contribution in [3.05, 3.63) is 69.6 Å². The Bertz CT molecular complexity index is 754. The summed E-state index contributed by atoms with van der Waals surface area (Å²) in [5.74, 6) is 0.0972. The van der Waals surface area contributed by atoms with Gasteiger partial charge in [-0.1, -0.05) is 30.3 Å². The molecule has 2 heterocycles. The van der Waals surface area contributed by atoms with E-state index in [9.17, 15) is 9.59 Å². The highest BCUT2D eigenvalue weighted by molar-refractivity contribution is 5.73. The van der Waals surface area contributed by atoms with Crippen LogP contribution < -0.4 is 10.9 Å². The van der Waals surface area contributed by atoms with E-state index in [0.717, 1.165) is 12.0 Å². The predicted molar refractivity (Wildman–Crippen MR) is 88.8 cm³/mol. The van der Waals surface area contributed by atoms with Gasteiger partial charge in [-0.3, -0.25) is 9.59 Å². The first-order valence-corrected chi connectivity index (χ1v) is 7.88.